The van der Waals surface area contributed by atoms with Crippen LogP contribution in [0.15, 0.2) is 35.2 Å². The molecule has 0 amide bonds. The fourth-order valence-corrected chi connectivity index (χ4v) is 4.89. The van der Waals surface area contributed by atoms with E-state index in [1.807, 2.05) is 0 Å². The number of fused-ring (bicyclic) bond motifs is 1. The third-order valence-electron chi connectivity index (χ3n) is 5.67. The summed E-state index contributed by atoms with van der Waals surface area (Å²) in [7, 11) is 2.11. The van der Waals surface area contributed by atoms with Crippen LogP contribution in [0.3, 0.4) is 0 Å². The Balaban J connectivity index is 1.50. The maximum atomic E-state index is 12.7. The Morgan fingerprint density at radius 2 is 2.00 bits per heavy atom. The van der Waals surface area contributed by atoms with Gasteiger partial charge in [0.2, 0.25) is 5.88 Å². The summed E-state index contributed by atoms with van der Waals surface area (Å²) in [5.74, 6) is 1.15. The van der Waals surface area contributed by atoms with E-state index in [4.69, 9.17) is 4.74 Å². The molecule has 2 N–H and O–H groups in total. The molecule has 3 heterocycles. The number of likely N-dealkylation sites (N-methyl/N-ethyl adjacent to an activating group) is 1. The second-order valence-electron chi connectivity index (χ2n) is 8.13. The zero-order valence-electron chi connectivity index (χ0n) is 17.9. The fourth-order valence-electron chi connectivity index (χ4n) is 3.73. The molecule has 1 fully saturated rings. The normalized spacial score (nSPS) is 19.4. The number of H-pyrrole nitrogens is 1. The van der Waals surface area contributed by atoms with Gasteiger partial charge in [-0.1, -0.05) is 30.3 Å². The standard InChI is InChI=1S/C23H30N4O2S/c1-16-6-4-5-7-18(16)15-30-22-21-19(9-8-17(2)24-21)25-23(22)29-20(28)14-27-12-10-26(3)11-13-27/h4-9,17,24-25H,10-15H2,1-3H3. The van der Waals surface area contributed by atoms with Gasteiger partial charge in [-0.2, -0.15) is 0 Å². The summed E-state index contributed by atoms with van der Waals surface area (Å²) in [4.78, 5) is 21.4. The summed E-state index contributed by atoms with van der Waals surface area (Å²) in [6.07, 6.45) is 4.16. The molecule has 1 atom stereocenters. The second-order valence-corrected chi connectivity index (χ2v) is 9.12. The van der Waals surface area contributed by atoms with Gasteiger partial charge in [0.1, 0.15) is 0 Å². The van der Waals surface area contributed by atoms with Crippen LogP contribution < -0.4 is 10.1 Å². The molecule has 30 heavy (non-hydrogen) atoms. The van der Waals surface area contributed by atoms with Gasteiger partial charge in [0.15, 0.2) is 0 Å². The summed E-state index contributed by atoms with van der Waals surface area (Å²) >= 11 is 1.70. The molecule has 2 aliphatic rings. The van der Waals surface area contributed by atoms with Crippen LogP contribution in [0, 0.1) is 6.92 Å². The van der Waals surface area contributed by atoms with E-state index >= 15 is 0 Å². The minimum atomic E-state index is -0.215. The summed E-state index contributed by atoms with van der Waals surface area (Å²) in [5.41, 5.74) is 4.53. The monoisotopic (exact) mass is 426 g/mol. The molecule has 1 aromatic carbocycles. The first-order valence-corrected chi connectivity index (χ1v) is 11.5. The van der Waals surface area contributed by atoms with Gasteiger partial charge in [-0.05, 0) is 38.1 Å². The van der Waals surface area contributed by atoms with Gasteiger partial charge >= 0.3 is 5.97 Å². The Labute approximate surface area is 182 Å². The van der Waals surface area contributed by atoms with Crippen molar-refractivity contribution in [1.29, 1.82) is 0 Å². The van der Waals surface area contributed by atoms with E-state index in [1.54, 1.807) is 11.8 Å². The first-order valence-electron chi connectivity index (χ1n) is 10.5. The predicted molar refractivity (Wildman–Crippen MR) is 123 cm³/mol. The Hall–Kier alpha value is -2.22. The molecule has 6 nitrogen and oxygen atoms in total. The number of nitrogens with one attached hydrogen (secondary N) is 2. The number of hydrogen-bond donors (Lipinski definition) is 2. The largest absolute Gasteiger partial charge is 0.407 e. The van der Waals surface area contributed by atoms with E-state index in [0.29, 0.717) is 12.4 Å². The Morgan fingerprint density at radius 3 is 2.77 bits per heavy atom. The number of rotatable bonds is 6. The van der Waals surface area contributed by atoms with Crippen molar-refractivity contribution >= 4 is 29.5 Å². The number of nitrogens with zero attached hydrogens (tertiary/aromatic N) is 2. The number of ether oxygens (including phenoxy) is 1. The molecule has 0 bridgehead atoms. The van der Waals surface area contributed by atoms with Crippen molar-refractivity contribution in [2.24, 2.45) is 0 Å². The summed E-state index contributed by atoms with van der Waals surface area (Å²) < 4.78 is 5.84. The summed E-state index contributed by atoms with van der Waals surface area (Å²) in [5, 5.41) is 3.51. The van der Waals surface area contributed by atoms with E-state index in [0.717, 1.165) is 48.2 Å². The van der Waals surface area contributed by atoms with Crippen molar-refractivity contribution in [3.8, 4) is 5.88 Å². The SMILES string of the molecule is Cc1ccccc1CSc1c(OC(=O)CN2CCN(C)CC2)[nH]c2c1NC(C)C=C2. The Bertz CT molecular complexity index is 931. The number of benzene rings is 1. The van der Waals surface area contributed by atoms with Crippen LogP contribution in [0.1, 0.15) is 23.7 Å². The third kappa shape index (κ3) is 4.91. The number of piperazine rings is 1. The van der Waals surface area contributed by atoms with E-state index < -0.39 is 0 Å². The average Bonchev–Trinajstić information content (AvgIpc) is 3.05. The molecule has 4 rings (SSSR count). The number of anilines is 1. The summed E-state index contributed by atoms with van der Waals surface area (Å²) in [6, 6.07) is 8.63. The lowest BCUT2D eigenvalue weighted by atomic mass is 10.1. The lowest BCUT2D eigenvalue weighted by Crippen LogP contribution is -2.46. The minimum Gasteiger partial charge on any atom is -0.407 e. The van der Waals surface area contributed by atoms with Crippen molar-refractivity contribution in [3.63, 3.8) is 0 Å². The molecular weight excluding hydrogens is 396 g/mol. The average molecular weight is 427 g/mol. The highest BCUT2D eigenvalue weighted by atomic mass is 32.2. The number of hydrogen-bond acceptors (Lipinski definition) is 6. The number of thioether (sulfide) groups is 1. The highest BCUT2D eigenvalue weighted by molar-refractivity contribution is 7.98. The lowest BCUT2D eigenvalue weighted by Gasteiger charge is -2.31. The molecule has 2 aromatic rings. The van der Waals surface area contributed by atoms with Crippen LogP contribution in [0.25, 0.3) is 6.08 Å². The summed E-state index contributed by atoms with van der Waals surface area (Å²) in [6.45, 7) is 8.30. The smallest absolute Gasteiger partial charge is 0.326 e. The van der Waals surface area contributed by atoms with E-state index in [2.05, 4.69) is 77.4 Å². The zero-order chi connectivity index (χ0) is 21.1. The van der Waals surface area contributed by atoms with Crippen LogP contribution in [-0.4, -0.2) is 66.6 Å². The molecule has 1 saturated heterocycles. The molecule has 2 aliphatic heterocycles. The number of aryl methyl sites for hydroxylation is 1. The van der Waals surface area contributed by atoms with Gasteiger partial charge in [-0.3, -0.25) is 9.69 Å². The van der Waals surface area contributed by atoms with Gasteiger partial charge in [0, 0.05) is 38.0 Å². The number of esters is 1. The topological polar surface area (TPSA) is 60.6 Å². The first kappa shape index (κ1) is 21.0. The first-order chi connectivity index (χ1) is 14.5. The van der Waals surface area contributed by atoms with Crippen molar-refractivity contribution in [2.75, 3.05) is 45.1 Å². The van der Waals surface area contributed by atoms with E-state index in [-0.39, 0.29) is 12.0 Å². The number of carbonyl (C=O) groups is 1. The predicted octanol–water partition coefficient (Wildman–Crippen LogP) is 3.60. The van der Waals surface area contributed by atoms with Crippen LogP contribution in [0.4, 0.5) is 5.69 Å². The van der Waals surface area contributed by atoms with Crippen molar-refractivity contribution in [1.82, 2.24) is 14.8 Å². The van der Waals surface area contributed by atoms with Gasteiger partial charge in [-0.15, -0.1) is 11.8 Å². The Kier molecular flexibility index (Phi) is 6.51. The number of aromatic nitrogens is 1. The number of carbonyl (C=O) groups excluding carboxylic acids is 1. The molecule has 0 saturated carbocycles. The van der Waals surface area contributed by atoms with Gasteiger partial charge in [0.05, 0.1) is 22.8 Å². The van der Waals surface area contributed by atoms with Crippen molar-refractivity contribution in [3.05, 3.63) is 47.2 Å². The van der Waals surface area contributed by atoms with Gasteiger partial charge in [0.25, 0.3) is 0 Å². The zero-order valence-corrected chi connectivity index (χ0v) is 18.7. The molecule has 0 radical (unpaired) electrons. The van der Waals surface area contributed by atoms with E-state index in [9.17, 15) is 4.79 Å². The molecule has 0 aliphatic carbocycles. The minimum absolute atomic E-state index is 0.215. The molecule has 7 heteroatoms. The van der Waals surface area contributed by atoms with Crippen LogP contribution in [-0.2, 0) is 10.5 Å². The van der Waals surface area contributed by atoms with Gasteiger partial charge < -0.3 is 19.9 Å². The second kappa shape index (κ2) is 9.29. The third-order valence-corrected chi connectivity index (χ3v) is 6.81. The van der Waals surface area contributed by atoms with E-state index in [1.165, 1.54) is 11.1 Å². The maximum absolute atomic E-state index is 12.7. The van der Waals surface area contributed by atoms with Crippen LogP contribution >= 0.6 is 11.8 Å². The molecule has 1 unspecified atom stereocenters. The molecular formula is C23H30N4O2S. The van der Waals surface area contributed by atoms with Crippen molar-refractivity contribution < 1.29 is 9.53 Å². The number of aromatic amines is 1. The highest BCUT2D eigenvalue weighted by Gasteiger charge is 2.25. The quantitative estimate of drug-likeness (QED) is 0.544. The lowest BCUT2D eigenvalue weighted by molar-refractivity contribution is -0.136. The van der Waals surface area contributed by atoms with Crippen LogP contribution in [0.2, 0.25) is 0 Å². The molecule has 160 valence electrons. The highest BCUT2D eigenvalue weighted by Crippen LogP contribution is 2.43. The van der Waals surface area contributed by atoms with Crippen LogP contribution in [0.5, 0.6) is 5.88 Å². The molecule has 0 spiro atoms. The Morgan fingerprint density at radius 1 is 1.23 bits per heavy atom. The fraction of sp³-hybridized carbons (Fsp3) is 0.435. The van der Waals surface area contributed by atoms with Gasteiger partial charge in [-0.25, -0.2) is 0 Å². The van der Waals surface area contributed by atoms with Crippen molar-refractivity contribution in [2.45, 2.75) is 30.5 Å². The maximum Gasteiger partial charge on any atom is 0.326 e. The molecule has 1 aromatic heterocycles.